The number of nitrogens with zero attached hydrogens (tertiary/aromatic N) is 1. The van der Waals surface area contributed by atoms with Gasteiger partial charge in [0, 0.05) is 12.2 Å². The first kappa shape index (κ1) is 19.7. The van der Waals surface area contributed by atoms with Crippen LogP contribution in [0.15, 0.2) is 18.3 Å². The summed E-state index contributed by atoms with van der Waals surface area (Å²) >= 11 is 0. The van der Waals surface area contributed by atoms with Crippen LogP contribution in [0.2, 0.25) is 0 Å². The summed E-state index contributed by atoms with van der Waals surface area (Å²) in [5.74, 6) is -0.278. The molecule has 0 aliphatic rings. The van der Waals surface area contributed by atoms with Crippen molar-refractivity contribution in [2.75, 3.05) is 5.73 Å². The molecular formula is C16H23F2N3O3. The molecule has 0 aromatic carbocycles. The number of anilines is 1. The van der Waals surface area contributed by atoms with Crippen LogP contribution >= 0.6 is 0 Å². The number of amides is 1. The number of hydrogen-bond donors (Lipinski definition) is 2. The van der Waals surface area contributed by atoms with Crippen LogP contribution in [0.25, 0.3) is 6.08 Å². The lowest BCUT2D eigenvalue weighted by atomic mass is 10.2. The Morgan fingerprint density at radius 3 is 2.71 bits per heavy atom. The van der Waals surface area contributed by atoms with Crippen LogP contribution in [0.1, 0.15) is 39.7 Å². The highest BCUT2D eigenvalue weighted by Gasteiger charge is 2.17. The molecule has 6 nitrogen and oxygen atoms in total. The maximum absolute atomic E-state index is 12.3. The molecule has 0 saturated heterocycles. The molecule has 8 heteroatoms. The summed E-state index contributed by atoms with van der Waals surface area (Å²) in [6, 6.07) is 1.21. The quantitative estimate of drug-likeness (QED) is 0.824. The Morgan fingerprint density at radius 1 is 1.46 bits per heavy atom. The van der Waals surface area contributed by atoms with Gasteiger partial charge in [0.1, 0.15) is 5.60 Å². The lowest BCUT2D eigenvalue weighted by Crippen LogP contribution is -2.37. The average molecular weight is 343 g/mol. The number of halogens is 2. The van der Waals surface area contributed by atoms with E-state index in [1.165, 1.54) is 12.3 Å². The Balaban J connectivity index is 2.56. The summed E-state index contributed by atoms with van der Waals surface area (Å²) in [5.41, 5.74) is 5.47. The van der Waals surface area contributed by atoms with Gasteiger partial charge in [0.25, 0.3) is 0 Å². The Labute approximate surface area is 140 Å². The molecule has 0 radical (unpaired) electrons. The van der Waals surface area contributed by atoms with Gasteiger partial charge in [0.15, 0.2) is 11.6 Å². The molecule has 1 heterocycles. The molecule has 1 aromatic heterocycles. The maximum atomic E-state index is 12.3. The van der Waals surface area contributed by atoms with Crippen molar-refractivity contribution >= 4 is 18.0 Å². The number of nitrogens with one attached hydrogen (secondary N) is 1. The number of carbonyl (C=O) groups excluding carboxylic acids is 1. The highest BCUT2D eigenvalue weighted by Crippen LogP contribution is 2.22. The van der Waals surface area contributed by atoms with Crippen LogP contribution in [0.5, 0.6) is 5.75 Å². The first-order valence-electron chi connectivity index (χ1n) is 7.43. The van der Waals surface area contributed by atoms with Gasteiger partial charge in [-0.25, -0.2) is 9.78 Å². The van der Waals surface area contributed by atoms with Gasteiger partial charge in [-0.05, 0) is 45.7 Å². The number of pyridine rings is 1. The second kappa shape index (κ2) is 8.47. The molecule has 0 aliphatic heterocycles. The monoisotopic (exact) mass is 343 g/mol. The number of rotatable bonds is 6. The fraction of sp³-hybridized carbons (Fsp3) is 0.500. The molecule has 3 N–H and O–H groups in total. The first-order valence-corrected chi connectivity index (χ1v) is 7.43. The number of nitrogen functional groups attached to an aromatic ring is 1. The van der Waals surface area contributed by atoms with Gasteiger partial charge in [-0.15, -0.1) is 0 Å². The minimum atomic E-state index is -2.97. The number of ether oxygens (including phenoxy) is 2. The van der Waals surface area contributed by atoms with Crippen LogP contribution < -0.4 is 15.8 Å². The molecule has 1 atom stereocenters. The summed E-state index contributed by atoms with van der Waals surface area (Å²) in [5, 5.41) is 2.70. The van der Waals surface area contributed by atoms with Crippen LogP contribution in [-0.2, 0) is 4.74 Å². The van der Waals surface area contributed by atoms with E-state index in [1.807, 2.05) is 6.92 Å². The van der Waals surface area contributed by atoms with Crippen LogP contribution in [-0.4, -0.2) is 29.3 Å². The Kier molecular flexibility index (Phi) is 6.94. The summed E-state index contributed by atoms with van der Waals surface area (Å²) in [7, 11) is 0. The third-order valence-corrected chi connectivity index (χ3v) is 2.68. The first-order chi connectivity index (χ1) is 11.1. The number of aromatic nitrogens is 1. The van der Waals surface area contributed by atoms with Crippen molar-refractivity contribution in [3.8, 4) is 5.75 Å². The number of alkyl halides is 2. The summed E-state index contributed by atoms with van der Waals surface area (Å²) in [6.07, 6.45) is 4.93. The van der Waals surface area contributed by atoms with E-state index in [4.69, 9.17) is 10.5 Å². The molecule has 1 rings (SSSR count). The summed E-state index contributed by atoms with van der Waals surface area (Å²) in [4.78, 5) is 15.4. The second-order valence-electron chi connectivity index (χ2n) is 6.22. The molecule has 0 fully saturated rings. The molecule has 134 valence electrons. The predicted octanol–water partition coefficient (Wildman–Crippen LogP) is 3.58. The van der Waals surface area contributed by atoms with Crippen molar-refractivity contribution in [2.24, 2.45) is 0 Å². The molecule has 0 bridgehead atoms. The van der Waals surface area contributed by atoms with E-state index in [2.05, 4.69) is 15.0 Å². The van der Waals surface area contributed by atoms with Gasteiger partial charge < -0.3 is 20.5 Å². The number of nitrogens with two attached hydrogens (primary N) is 1. The average Bonchev–Trinajstić information content (AvgIpc) is 2.39. The van der Waals surface area contributed by atoms with E-state index < -0.39 is 18.3 Å². The van der Waals surface area contributed by atoms with Crippen LogP contribution in [0, 0.1) is 0 Å². The molecule has 0 spiro atoms. The van der Waals surface area contributed by atoms with Gasteiger partial charge >= 0.3 is 12.7 Å². The molecule has 0 saturated carbocycles. The van der Waals surface area contributed by atoms with E-state index in [1.54, 1.807) is 32.9 Å². The topological polar surface area (TPSA) is 86.5 Å². The highest BCUT2D eigenvalue weighted by molar-refractivity contribution is 5.68. The number of carbonyl (C=O) groups is 1. The molecule has 1 aromatic rings. The Morgan fingerprint density at radius 2 is 2.12 bits per heavy atom. The molecule has 1 amide bonds. The van der Waals surface area contributed by atoms with Crippen molar-refractivity contribution < 1.29 is 23.0 Å². The zero-order valence-corrected chi connectivity index (χ0v) is 14.2. The predicted molar refractivity (Wildman–Crippen MR) is 87.8 cm³/mol. The smallest absolute Gasteiger partial charge is 0.407 e. The Hall–Kier alpha value is -2.38. The maximum Gasteiger partial charge on any atom is 0.407 e. The van der Waals surface area contributed by atoms with E-state index in [-0.39, 0.29) is 17.6 Å². The van der Waals surface area contributed by atoms with E-state index in [9.17, 15) is 13.6 Å². The van der Waals surface area contributed by atoms with Gasteiger partial charge in [-0.2, -0.15) is 8.78 Å². The van der Waals surface area contributed by atoms with E-state index in [0.29, 0.717) is 12.0 Å². The van der Waals surface area contributed by atoms with Gasteiger partial charge in [-0.3, -0.25) is 0 Å². The van der Waals surface area contributed by atoms with Gasteiger partial charge in [0.05, 0.1) is 0 Å². The van der Waals surface area contributed by atoms with Crippen molar-refractivity contribution in [2.45, 2.75) is 52.4 Å². The standard InChI is InChI=1S/C16H23F2N3O3/c1-10(21-15(22)24-16(2,3)4)6-5-7-11-8-12(23-14(17)18)13(19)20-9-11/h5,7-10,14H,6H2,1-4H3,(H2,19,20)(H,21,22)/b7-5+/t10-/m0/s1. The van der Waals surface area contributed by atoms with Crippen molar-refractivity contribution in [3.63, 3.8) is 0 Å². The minimum Gasteiger partial charge on any atom is -0.444 e. The minimum absolute atomic E-state index is 0.104. The fourth-order valence-electron chi connectivity index (χ4n) is 1.73. The van der Waals surface area contributed by atoms with Crippen LogP contribution in [0.3, 0.4) is 0 Å². The largest absolute Gasteiger partial charge is 0.444 e. The lowest BCUT2D eigenvalue weighted by Gasteiger charge is -2.21. The number of alkyl carbamates (subject to hydrolysis) is 1. The molecule has 0 aliphatic carbocycles. The van der Waals surface area contributed by atoms with Crippen LogP contribution in [0.4, 0.5) is 19.4 Å². The Bertz CT molecular complexity index is 586. The molecule has 0 unspecified atom stereocenters. The zero-order valence-electron chi connectivity index (χ0n) is 14.2. The molecule has 24 heavy (non-hydrogen) atoms. The van der Waals surface area contributed by atoms with Crippen molar-refractivity contribution in [3.05, 3.63) is 23.9 Å². The van der Waals surface area contributed by atoms with Gasteiger partial charge in [-0.1, -0.05) is 12.2 Å². The van der Waals surface area contributed by atoms with Crippen molar-refractivity contribution in [1.29, 1.82) is 0 Å². The fourth-order valence-corrected chi connectivity index (χ4v) is 1.73. The molecular weight excluding hydrogens is 320 g/mol. The normalized spacial score (nSPS) is 13.1. The SMILES string of the molecule is C[C@@H](C/C=C/c1cnc(N)c(OC(F)F)c1)NC(=O)OC(C)(C)C. The lowest BCUT2D eigenvalue weighted by molar-refractivity contribution is -0.0495. The second-order valence-corrected chi connectivity index (χ2v) is 6.22. The summed E-state index contributed by atoms with van der Waals surface area (Å²) < 4.78 is 33.9. The zero-order chi connectivity index (χ0) is 18.3. The van der Waals surface area contributed by atoms with Crippen molar-refractivity contribution in [1.82, 2.24) is 10.3 Å². The summed E-state index contributed by atoms with van der Waals surface area (Å²) in [6.45, 7) is 4.20. The highest BCUT2D eigenvalue weighted by atomic mass is 19.3. The van der Waals surface area contributed by atoms with Gasteiger partial charge in [0.2, 0.25) is 0 Å². The third kappa shape index (κ3) is 7.75. The third-order valence-electron chi connectivity index (χ3n) is 2.68. The van der Waals surface area contributed by atoms with E-state index in [0.717, 1.165) is 0 Å². The number of hydrogen-bond acceptors (Lipinski definition) is 5. The van der Waals surface area contributed by atoms with E-state index >= 15 is 0 Å².